The summed E-state index contributed by atoms with van der Waals surface area (Å²) in [6.45, 7) is 6.16. The molecule has 4 atom stereocenters. The summed E-state index contributed by atoms with van der Waals surface area (Å²) >= 11 is 0. The Kier molecular flexibility index (Phi) is 5.18. The second kappa shape index (κ2) is 6.89. The predicted molar refractivity (Wildman–Crippen MR) is 82.7 cm³/mol. The maximum absolute atomic E-state index is 12.1. The lowest BCUT2D eigenvalue weighted by Gasteiger charge is -2.18. The lowest BCUT2D eigenvalue weighted by atomic mass is 10.1. The molecule has 3 heteroatoms. The Bertz CT molecular complexity index is 432. The zero-order valence-electron chi connectivity index (χ0n) is 12.7. The van der Waals surface area contributed by atoms with Gasteiger partial charge in [-0.05, 0) is 32.3 Å². The lowest BCUT2D eigenvalue weighted by Crippen LogP contribution is -2.46. The van der Waals surface area contributed by atoms with Crippen molar-refractivity contribution in [2.24, 2.45) is 0 Å². The molecule has 2 rings (SSSR count). The normalized spacial score (nSPS) is 23.9. The molecule has 4 unspecified atom stereocenters. The number of amides is 1. The monoisotopic (exact) mass is 274 g/mol. The van der Waals surface area contributed by atoms with Crippen molar-refractivity contribution in [3.05, 3.63) is 35.9 Å². The molecule has 0 bridgehead atoms. The van der Waals surface area contributed by atoms with E-state index >= 15 is 0 Å². The summed E-state index contributed by atoms with van der Waals surface area (Å²) in [7, 11) is 0. The first-order chi connectivity index (χ1) is 9.61. The van der Waals surface area contributed by atoms with Crippen molar-refractivity contribution in [1.29, 1.82) is 0 Å². The third kappa shape index (κ3) is 4.07. The fourth-order valence-electron chi connectivity index (χ4n) is 2.72. The summed E-state index contributed by atoms with van der Waals surface area (Å²) in [6, 6.07) is 11.1. The zero-order valence-corrected chi connectivity index (χ0v) is 12.7. The van der Waals surface area contributed by atoms with Gasteiger partial charge in [-0.15, -0.1) is 0 Å². The molecule has 0 saturated heterocycles. The summed E-state index contributed by atoms with van der Waals surface area (Å²) in [4.78, 5) is 12.1. The molecule has 0 heterocycles. The van der Waals surface area contributed by atoms with Gasteiger partial charge in [0.2, 0.25) is 5.91 Å². The molecule has 2 N–H and O–H groups in total. The van der Waals surface area contributed by atoms with E-state index in [9.17, 15) is 4.79 Å². The van der Waals surface area contributed by atoms with E-state index in [4.69, 9.17) is 0 Å². The van der Waals surface area contributed by atoms with Crippen LogP contribution >= 0.6 is 0 Å². The van der Waals surface area contributed by atoms with E-state index in [1.807, 2.05) is 13.0 Å². The number of rotatable bonds is 7. The summed E-state index contributed by atoms with van der Waals surface area (Å²) < 4.78 is 0. The van der Waals surface area contributed by atoms with Gasteiger partial charge in [0.15, 0.2) is 0 Å². The molecule has 1 aliphatic rings. The van der Waals surface area contributed by atoms with Gasteiger partial charge in [-0.3, -0.25) is 4.79 Å². The first kappa shape index (κ1) is 15.0. The van der Waals surface area contributed by atoms with E-state index in [1.54, 1.807) is 0 Å². The van der Waals surface area contributed by atoms with Gasteiger partial charge in [-0.25, -0.2) is 0 Å². The summed E-state index contributed by atoms with van der Waals surface area (Å²) in [5.41, 5.74) is 1.37. The average Bonchev–Trinajstić information content (AvgIpc) is 3.19. The van der Waals surface area contributed by atoms with Gasteiger partial charge >= 0.3 is 0 Å². The maximum Gasteiger partial charge on any atom is 0.237 e. The highest BCUT2D eigenvalue weighted by Crippen LogP contribution is 2.40. The molecular weight excluding hydrogens is 248 g/mol. The van der Waals surface area contributed by atoms with Crippen LogP contribution in [0.25, 0.3) is 0 Å². The molecule has 110 valence electrons. The Morgan fingerprint density at radius 1 is 1.30 bits per heavy atom. The van der Waals surface area contributed by atoms with Gasteiger partial charge in [0.05, 0.1) is 6.04 Å². The van der Waals surface area contributed by atoms with Crippen molar-refractivity contribution in [2.75, 3.05) is 0 Å². The first-order valence-corrected chi connectivity index (χ1v) is 7.73. The van der Waals surface area contributed by atoms with Crippen LogP contribution < -0.4 is 10.6 Å². The van der Waals surface area contributed by atoms with Crippen molar-refractivity contribution >= 4 is 5.91 Å². The maximum atomic E-state index is 12.1. The lowest BCUT2D eigenvalue weighted by molar-refractivity contribution is -0.123. The van der Waals surface area contributed by atoms with E-state index < -0.39 is 0 Å². The third-order valence-corrected chi connectivity index (χ3v) is 3.99. The van der Waals surface area contributed by atoms with E-state index in [0.717, 1.165) is 19.3 Å². The fourth-order valence-corrected chi connectivity index (χ4v) is 2.72. The Balaban J connectivity index is 1.76. The second-order valence-corrected chi connectivity index (χ2v) is 5.95. The number of carbonyl (C=O) groups is 1. The largest absolute Gasteiger partial charge is 0.352 e. The molecule has 0 radical (unpaired) electrons. The van der Waals surface area contributed by atoms with Crippen molar-refractivity contribution in [2.45, 2.75) is 64.1 Å². The number of carbonyl (C=O) groups excluding carboxylic acids is 1. The predicted octanol–water partition coefficient (Wildman–Crippen LogP) is 2.83. The molecule has 20 heavy (non-hydrogen) atoms. The molecule has 3 nitrogen and oxygen atoms in total. The molecule has 0 aliphatic heterocycles. The van der Waals surface area contributed by atoms with E-state index in [1.165, 1.54) is 5.56 Å². The van der Waals surface area contributed by atoms with Crippen LogP contribution in [0.3, 0.4) is 0 Å². The number of benzene rings is 1. The van der Waals surface area contributed by atoms with Gasteiger partial charge in [0.25, 0.3) is 0 Å². The molecule has 1 aromatic carbocycles. The van der Waals surface area contributed by atoms with Gasteiger partial charge < -0.3 is 10.6 Å². The van der Waals surface area contributed by atoms with Gasteiger partial charge in [0.1, 0.15) is 0 Å². The van der Waals surface area contributed by atoms with Crippen molar-refractivity contribution in [1.82, 2.24) is 10.6 Å². The average molecular weight is 274 g/mol. The SMILES string of the molecule is CCCC(C)NC(=O)C(C)NC1CC1c1ccccc1. The number of hydrogen-bond donors (Lipinski definition) is 2. The molecule has 1 amide bonds. The Labute approximate surface area is 122 Å². The van der Waals surface area contributed by atoms with Gasteiger partial charge in [-0.1, -0.05) is 43.7 Å². The first-order valence-electron chi connectivity index (χ1n) is 7.73. The Hall–Kier alpha value is -1.35. The molecule has 1 aromatic rings. The zero-order chi connectivity index (χ0) is 14.5. The molecule has 0 aromatic heterocycles. The summed E-state index contributed by atoms with van der Waals surface area (Å²) in [6.07, 6.45) is 3.27. The fraction of sp³-hybridized carbons (Fsp3) is 0.588. The molecule has 0 spiro atoms. The van der Waals surface area contributed by atoms with E-state index in [2.05, 4.69) is 48.7 Å². The van der Waals surface area contributed by atoms with Crippen molar-refractivity contribution < 1.29 is 4.79 Å². The molecule has 1 fully saturated rings. The van der Waals surface area contributed by atoms with Crippen LogP contribution in [0.5, 0.6) is 0 Å². The van der Waals surface area contributed by atoms with Crippen LogP contribution in [0, 0.1) is 0 Å². The standard InChI is InChI=1S/C17H26N2O/c1-4-8-12(2)18-17(20)13(3)19-16-11-15(16)14-9-6-5-7-10-14/h5-7,9-10,12-13,15-16,19H,4,8,11H2,1-3H3,(H,18,20). The Morgan fingerprint density at radius 3 is 2.65 bits per heavy atom. The minimum Gasteiger partial charge on any atom is -0.352 e. The number of hydrogen-bond acceptors (Lipinski definition) is 2. The smallest absolute Gasteiger partial charge is 0.237 e. The summed E-state index contributed by atoms with van der Waals surface area (Å²) in [5, 5.41) is 6.50. The van der Waals surface area contributed by atoms with E-state index in [0.29, 0.717) is 12.0 Å². The minimum absolute atomic E-state index is 0.115. The highest BCUT2D eigenvalue weighted by Gasteiger charge is 2.39. The van der Waals surface area contributed by atoms with Crippen LogP contribution in [0.1, 0.15) is 51.5 Å². The molecular formula is C17H26N2O. The van der Waals surface area contributed by atoms with Crippen LogP contribution in [-0.4, -0.2) is 24.0 Å². The van der Waals surface area contributed by atoms with Crippen LogP contribution in [0.4, 0.5) is 0 Å². The minimum atomic E-state index is -0.118. The Morgan fingerprint density at radius 2 is 2.00 bits per heavy atom. The molecule has 1 aliphatic carbocycles. The quantitative estimate of drug-likeness (QED) is 0.803. The van der Waals surface area contributed by atoms with Gasteiger partial charge in [-0.2, -0.15) is 0 Å². The highest BCUT2D eigenvalue weighted by molar-refractivity contribution is 5.81. The highest BCUT2D eigenvalue weighted by atomic mass is 16.2. The van der Waals surface area contributed by atoms with Crippen LogP contribution in [-0.2, 0) is 4.79 Å². The molecule has 1 saturated carbocycles. The van der Waals surface area contributed by atoms with Crippen LogP contribution in [0.2, 0.25) is 0 Å². The van der Waals surface area contributed by atoms with Crippen molar-refractivity contribution in [3.8, 4) is 0 Å². The van der Waals surface area contributed by atoms with E-state index in [-0.39, 0.29) is 18.0 Å². The summed E-state index contributed by atoms with van der Waals surface area (Å²) in [5.74, 6) is 0.684. The van der Waals surface area contributed by atoms with Crippen LogP contribution in [0.15, 0.2) is 30.3 Å². The number of nitrogens with one attached hydrogen (secondary N) is 2. The van der Waals surface area contributed by atoms with Gasteiger partial charge in [0, 0.05) is 18.0 Å². The topological polar surface area (TPSA) is 41.1 Å². The second-order valence-electron chi connectivity index (χ2n) is 5.95. The van der Waals surface area contributed by atoms with Crippen molar-refractivity contribution in [3.63, 3.8) is 0 Å². The third-order valence-electron chi connectivity index (χ3n) is 3.99.